The van der Waals surface area contributed by atoms with E-state index in [9.17, 15) is 4.79 Å². The van der Waals surface area contributed by atoms with Crippen LogP contribution in [0.25, 0.3) is 17.1 Å². The zero-order valence-electron chi connectivity index (χ0n) is 16.5. The van der Waals surface area contributed by atoms with Crippen LogP contribution in [0.4, 0.5) is 5.69 Å². The molecule has 1 amide bonds. The number of anilines is 1. The topological polar surface area (TPSA) is 78.3 Å². The van der Waals surface area contributed by atoms with Crippen LogP contribution in [-0.4, -0.2) is 40.5 Å². The molecule has 3 aromatic rings. The second-order valence-electron chi connectivity index (χ2n) is 6.69. The van der Waals surface area contributed by atoms with Crippen LogP contribution in [0.5, 0.6) is 6.01 Å². The van der Waals surface area contributed by atoms with Crippen molar-refractivity contribution in [3.63, 3.8) is 0 Å². The summed E-state index contributed by atoms with van der Waals surface area (Å²) in [6.07, 6.45) is -0.0277. The third kappa shape index (κ3) is 4.75. The lowest BCUT2D eigenvalue weighted by molar-refractivity contribution is -0.119. The highest BCUT2D eigenvalue weighted by atomic mass is 16.5. The van der Waals surface area contributed by atoms with Crippen LogP contribution >= 0.6 is 0 Å². The van der Waals surface area contributed by atoms with E-state index >= 15 is 0 Å². The van der Waals surface area contributed by atoms with Crippen molar-refractivity contribution in [2.45, 2.75) is 26.9 Å². The van der Waals surface area contributed by atoms with Gasteiger partial charge in [0.2, 0.25) is 5.91 Å². The van der Waals surface area contributed by atoms with Gasteiger partial charge in [-0.25, -0.2) is 4.68 Å². The van der Waals surface area contributed by atoms with Crippen molar-refractivity contribution in [2.24, 2.45) is 0 Å². The first-order valence-electron chi connectivity index (χ1n) is 9.06. The molecule has 0 atom stereocenters. The number of carbonyl (C=O) groups is 1. The van der Waals surface area contributed by atoms with E-state index in [1.54, 1.807) is 4.68 Å². The summed E-state index contributed by atoms with van der Waals surface area (Å²) < 4.78 is 12.3. The van der Waals surface area contributed by atoms with Crippen LogP contribution in [-0.2, 0) is 9.53 Å². The fourth-order valence-corrected chi connectivity index (χ4v) is 2.64. The molecule has 0 aliphatic heterocycles. The summed E-state index contributed by atoms with van der Waals surface area (Å²) in [5, 5.41) is 7.29. The molecule has 3 rings (SSSR count). The molecule has 0 saturated carbocycles. The van der Waals surface area contributed by atoms with E-state index in [0.717, 1.165) is 11.3 Å². The molecule has 1 heterocycles. The molecule has 0 unspecified atom stereocenters. The van der Waals surface area contributed by atoms with Gasteiger partial charge in [-0.15, -0.1) is 5.10 Å². The second-order valence-corrected chi connectivity index (χ2v) is 6.69. The van der Waals surface area contributed by atoms with Gasteiger partial charge in [-0.1, -0.05) is 29.8 Å². The number of aryl methyl sites for hydroxylation is 1. The lowest BCUT2D eigenvalue weighted by atomic mass is 10.1. The van der Waals surface area contributed by atoms with Gasteiger partial charge in [0, 0.05) is 18.4 Å². The van der Waals surface area contributed by atoms with Crippen molar-refractivity contribution in [3.05, 3.63) is 54.1 Å². The molecule has 0 fully saturated rings. The Kier molecular flexibility index (Phi) is 6.06. The predicted molar refractivity (Wildman–Crippen MR) is 108 cm³/mol. The molecule has 28 heavy (non-hydrogen) atoms. The van der Waals surface area contributed by atoms with Gasteiger partial charge in [0.15, 0.2) is 5.82 Å². The molecule has 0 aliphatic carbocycles. The van der Waals surface area contributed by atoms with Crippen LogP contribution < -0.4 is 10.1 Å². The number of ether oxygens (including phenoxy) is 2. The third-order valence-electron chi connectivity index (χ3n) is 3.91. The number of carbonyl (C=O) groups excluding carboxylic acids is 1. The maximum atomic E-state index is 11.7. The quantitative estimate of drug-likeness (QED) is 0.677. The molecule has 0 saturated heterocycles. The molecule has 1 aromatic heterocycles. The van der Waals surface area contributed by atoms with Crippen molar-refractivity contribution >= 4 is 11.6 Å². The number of rotatable bonds is 7. The molecule has 1 N–H and O–H groups in total. The summed E-state index contributed by atoms with van der Waals surface area (Å²) in [7, 11) is 1.48. The Morgan fingerprint density at radius 3 is 2.39 bits per heavy atom. The molecular formula is C21H24N4O3. The van der Waals surface area contributed by atoms with Crippen molar-refractivity contribution in [2.75, 3.05) is 19.0 Å². The van der Waals surface area contributed by atoms with E-state index in [1.165, 1.54) is 12.7 Å². The molecule has 2 aromatic carbocycles. The molecule has 7 nitrogen and oxygen atoms in total. The minimum atomic E-state index is -0.205. The highest BCUT2D eigenvalue weighted by molar-refractivity contribution is 5.91. The molecular weight excluding hydrogens is 356 g/mol. The minimum absolute atomic E-state index is 0.0122. The Morgan fingerprint density at radius 2 is 1.79 bits per heavy atom. The Morgan fingerprint density at radius 1 is 1.11 bits per heavy atom. The number of hydrogen-bond donors (Lipinski definition) is 1. The summed E-state index contributed by atoms with van der Waals surface area (Å²) in [6.45, 7) is 5.92. The van der Waals surface area contributed by atoms with E-state index < -0.39 is 0 Å². The van der Waals surface area contributed by atoms with E-state index in [4.69, 9.17) is 9.47 Å². The van der Waals surface area contributed by atoms with Gasteiger partial charge in [-0.3, -0.25) is 4.79 Å². The summed E-state index contributed by atoms with van der Waals surface area (Å²) in [5.41, 5.74) is 3.60. The molecule has 146 valence electrons. The maximum Gasteiger partial charge on any atom is 0.336 e. The Labute approximate surface area is 164 Å². The van der Waals surface area contributed by atoms with Crippen LogP contribution in [0, 0.1) is 6.92 Å². The summed E-state index contributed by atoms with van der Waals surface area (Å²) in [4.78, 5) is 16.2. The van der Waals surface area contributed by atoms with E-state index in [1.807, 2.05) is 69.3 Å². The van der Waals surface area contributed by atoms with Gasteiger partial charge < -0.3 is 14.8 Å². The summed E-state index contributed by atoms with van der Waals surface area (Å²) in [6, 6.07) is 15.8. The lowest BCUT2D eigenvalue weighted by Crippen LogP contribution is -2.17. The van der Waals surface area contributed by atoms with Crippen LogP contribution in [0.2, 0.25) is 0 Å². The van der Waals surface area contributed by atoms with Crippen molar-refractivity contribution in [1.82, 2.24) is 14.8 Å². The fraction of sp³-hybridized carbons (Fsp3) is 0.286. The number of hydrogen-bond acceptors (Lipinski definition) is 5. The second kappa shape index (κ2) is 8.67. The number of amides is 1. The Balaban J connectivity index is 1.94. The maximum absolute atomic E-state index is 11.7. The number of nitrogens with zero attached hydrogens (tertiary/aromatic N) is 3. The average molecular weight is 380 g/mol. The van der Waals surface area contributed by atoms with Gasteiger partial charge in [0.25, 0.3) is 0 Å². The van der Waals surface area contributed by atoms with E-state index in [2.05, 4.69) is 15.4 Å². The summed E-state index contributed by atoms with van der Waals surface area (Å²) in [5.74, 6) is 0.482. The smallest absolute Gasteiger partial charge is 0.336 e. The SMILES string of the molecule is COCC(=O)Nc1ccc(-n2nc(OC(C)C)nc2-c2ccc(C)cc2)cc1. The largest absolute Gasteiger partial charge is 0.460 e. The monoisotopic (exact) mass is 380 g/mol. The third-order valence-corrected chi connectivity index (χ3v) is 3.91. The van der Waals surface area contributed by atoms with E-state index in [0.29, 0.717) is 17.5 Å². The summed E-state index contributed by atoms with van der Waals surface area (Å²) >= 11 is 0. The first kappa shape index (κ1) is 19.6. The minimum Gasteiger partial charge on any atom is -0.460 e. The van der Waals surface area contributed by atoms with Gasteiger partial charge in [-0.05, 0) is 45.0 Å². The molecule has 0 aliphatic rings. The zero-order valence-corrected chi connectivity index (χ0v) is 16.5. The molecule has 0 bridgehead atoms. The number of nitrogens with one attached hydrogen (secondary N) is 1. The van der Waals surface area contributed by atoms with Gasteiger partial charge >= 0.3 is 6.01 Å². The van der Waals surface area contributed by atoms with Gasteiger partial charge in [0.05, 0.1) is 11.8 Å². The molecule has 0 radical (unpaired) electrons. The normalized spacial score (nSPS) is 10.9. The standard InChI is InChI=1S/C21H24N4O3/c1-14(2)28-21-23-20(16-7-5-15(3)6-8-16)25(24-21)18-11-9-17(10-12-18)22-19(26)13-27-4/h5-12,14H,13H2,1-4H3,(H,22,26). The van der Waals surface area contributed by atoms with E-state index in [-0.39, 0.29) is 18.6 Å². The fourth-order valence-electron chi connectivity index (χ4n) is 2.64. The van der Waals surface area contributed by atoms with Crippen molar-refractivity contribution < 1.29 is 14.3 Å². The highest BCUT2D eigenvalue weighted by Crippen LogP contribution is 2.25. The van der Waals surface area contributed by atoms with Crippen molar-refractivity contribution in [3.8, 4) is 23.1 Å². The van der Waals surface area contributed by atoms with Crippen molar-refractivity contribution in [1.29, 1.82) is 0 Å². The lowest BCUT2D eigenvalue weighted by Gasteiger charge is -2.08. The molecule has 7 heteroatoms. The Hall–Kier alpha value is -3.19. The van der Waals surface area contributed by atoms with Crippen LogP contribution in [0.1, 0.15) is 19.4 Å². The first-order valence-corrected chi connectivity index (χ1v) is 9.06. The van der Waals surface area contributed by atoms with Gasteiger partial charge in [0.1, 0.15) is 6.61 Å². The number of methoxy groups -OCH3 is 1. The predicted octanol–water partition coefficient (Wildman–Crippen LogP) is 3.61. The van der Waals surface area contributed by atoms with Crippen LogP contribution in [0.3, 0.4) is 0 Å². The van der Waals surface area contributed by atoms with Crippen LogP contribution in [0.15, 0.2) is 48.5 Å². The Bertz CT molecular complexity index is 931. The average Bonchev–Trinajstić information content (AvgIpc) is 3.06. The highest BCUT2D eigenvalue weighted by Gasteiger charge is 2.15. The molecule has 0 spiro atoms. The first-order chi connectivity index (χ1) is 13.5. The van der Waals surface area contributed by atoms with Gasteiger partial charge in [-0.2, -0.15) is 4.98 Å². The number of aromatic nitrogens is 3. The zero-order chi connectivity index (χ0) is 20.1. The number of benzene rings is 2.